The van der Waals surface area contributed by atoms with Crippen LogP contribution in [0.5, 0.6) is 0 Å². The Labute approximate surface area is 84.3 Å². The van der Waals surface area contributed by atoms with Gasteiger partial charge in [0.05, 0.1) is 13.0 Å². The summed E-state index contributed by atoms with van der Waals surface area (Å²) in [6, 6.07) is -1.50. The zero-order chi connectivity index (χ0) is 11.8. The minimum atomic E-state index is -1.50. The predicted molar refractivity (Wildman–Crippen MR) is 45.9 cm³/mol. The van der Waals surface area contributed by atoms with Crippen molar-refractivity contribution in [1.29, 1.82) is 0 Å². The van der Waals surface area contributed by atoms with Crippen molar-refractivity contribution in [2.75, 3.05) is 6.54 Å². The molecule has 8 nitrogen and oxygen atoms in total. The van der Waals surface area contributed by atoms with Gasteiger partial charge in [0.25, 0.3) is 0 Å². The Balaban J connectivity index is 4.16. The molecule has 0 aromatic carbocycles. The van der Waals surface area contributed by atoms with Crippen molar-refractivity contribution in [2.45, 2.75) is 12.5 Å². The zero-order valence-electron chi connectivity index (χ0n) is 7.60. The van der Waals surface area contributed by atoms with Gasteiger partial charge in [-0.3, -0.25) is 14.4 Å². The number of carbonyl (C=O) groups excluding carboxylic acids is 2. The average molecular weight is 218 g/mol. The van der Waals surface area contributed by atoms with Crippen LogP contribution in [-0.4, -0.2) is 47.1 Å². The number of carboxylic acid groups (broad SMARTS) is 2. The van der Waals surface area contributed by atoms with Gasteiger partial charge in [-0.05, 0) is 0 Å². The van der Waals surface area contributed by atoms with Gasteiger partial charge >= 0.3 is 11.9 Å². The van der Waals surface area contributed by atoms with E-state index >= 15 is 0 Å². The molecule has 1 atom stereocenters. The molecule has 0 spiro atoms. The summed E-state index contributed by atoms with van der Waals surface area (Å²) in [5, 5.41) is 20.8. The molecule has 15 heavy (non-hydrogen) atoms. The lowest BCUT2D eigenvalue weighted by molar-refractivity contribution is -0.147. The highest BCUT2D eigenvalue weighted by molar-refractivity contribution is 5.88. The van der Waals surface area contributed by atoms with E-state index in [4.69, 9.17) is 10.2 Å². The summed E-state index contributed by atoms with van der Waals surface area (Å²) in [6.45, 7) is -0.396. The van der Waals surface area contributed by atoms with Crippen LogP contribution in [0.3, 0.4) is 0 Å². The fraction of sp³-hybridized carbons (Fsp3) is 0.429. The molecule has 2 amide bonds. The van der Waals surface area contributed by atoms with E-state index in [1.54, 1.807) is 0 Å². The molecule has 0 aromatic rings. The van der Waals surface area contributed by atoms with Gasteiger partial charge in [-0.15, -0.1) is 0 Å². The van der Waals surface area contributed by atoms with Crippen LogP contribution in [0.1, 0.15) is 6.42 Å². The van der Waals surface area contributed by atoms with Gasteiger partial charge in [0, 0.05) is 0 Å². The van der Waals surface area contributed by atoms with Crippen molar-refractivity contribution < 1.29 is 29.4 Å². The van der Waals surface area contributed by atoms with E-state index in [-0.39, 0.29) is 6.41 Å². The highest BCUT2D eigenvalue weighted by atomic mass is 16.4. The molecule has 8 heteroatoms. The van der Waals surface area contributed by atoms with Crippen LogP contribution in [0.4, 0.5) is 0 Å². The Morgan fingerprint density at radius 1 is 1.27 bits per heavy atom. The maximum absolute atomic E-state index is 10.9. The largest absolute Gasteiger partial charge is 0.481 e. The second-order valence-corrected chi connectivity index (χ2v) is 2.55. The van der Waals surface area contributed by atoms with Crippen LogP contribution in [0.15, 0.2) is 0 Å². The second kappa shape index (κ2) is 6.35. The number of aliphatic carboxylic acids is 2. The third-order valence-electron chi connectivity index (χ3n) is 1.36. The molecule has 0 radical (unpaired) electrons. The van der Waals surface area contributed by atoms with E-state index in [0.29, 0.717) is 0 Å². The topological polar surface area (TPSA) is 133 Å². The molecule has 84 valence electrons. The minimum absolute atomic E-state index is 0.270. The first kappa shape index (κ1) is 12.9. The molecule has 1 unspecified atom stereocenters. The molecular weight excluding hydrogens is 208 g/mol. The standard InChI is InChI=1S/C7H10N2O6/c10-3-8-2-5(11)9-4(7(14)15)1-6(12)13/h3-4H,1-2H2,(H,8,10)(H,9,11)(H,12,13)(H,14,15). The first-order chi connectivity index (χ1) is 6.97. The Bertz CT molecular complexity index is 277. The SMILES string of the molecule is O=CNCC(=O)NC(CC(=O)O)C(=O)O. The van der Waals surface area contributed by atoms with Crippen LogP contribution in [0.25, 0.3) is 0 Å². The van der Waals surface area contributed by atoms with Gasteiger partial charge in [0.15, 0.2) is 0 Å². The fourth-order valence-corrected chi connectivity index (χ4v) is 0.754. The summed E-state index contributed by atoms with van der Waals surface area (Å²) in [6.07, 6.45) is -0.450. The highest BCUT2D eigenvalue weighted by Crippen LogP contribution is 1.92. The molecule has 0 saturated heterocycles. The first-order valence-electron chi connectivity index (χ1n) is 3.88. The van der Waals surface area contributed by atoms with E-state index in [1.165, 1.54) is 0 Å². The third kappa shape index (κ3) is 6.02. The smallest absolute Gasteiger partial charge is 0.326 e. The summed E-state index contributed by atoms with van der Waals surface area (Å²) >= 11 is 0. The number of amides is 2. The summed E-state index contributed by atoms with van der Waals surface area (Å²) in [5.74, 6) is -3.56. The highest BCUT2D eigenvalue weighted by Gasteiger charge is 2.22. The number of carbonyl (C=O) groups is 4. The van der Waals surface area contributed by atoms with Crippen LogP contribution < -0.4 is 10.6 Å². The Hall–Kier alpha value is -2.12. The van der Waals surface area contributed by atoms with Crippen LogP contribution >= 0.6 is 0 Å². The number of nitrogens with one attached hydrogen (secondary N) is 2. The van der Waals surface area contributed by atoms with E-state index in [2.05, 4.69) is 0 Å². The maximum atomic E-state index is 10.9. The van der Waals surface area contributed by atoms with Gasteiger partial charge in [-0.1, -0.05) is 0 Å². The normalized spacial score (nSPS) is 11.2. The first-order valence-corrected chi connectivity index (χ1v) is 3.88. The van der Waals surface area contributed by atoms with Crippen molar-refractivity contribution in [2.24, 2.45) is 0 Å². The summed E-state index contributed by atoms with van der Waals surface area (Å²) in [4.78, 5) is 41.4. The number of hydrogen-bond donors (Lipinski definition) is 4. The van der Waals surface area contributed by atoms with Crippen molar-refractivity contribution in [1.82, 2.24) is 10.6 Å². The molecule has 0 aliphatic rings. The van der Waals surface area contributed by atoms with Crippen molar-refractivity contribution >= 4 is 24.3 Å². The van der Waals surface area contributed by atoms with Crippen LogP contribution in [0, 0.1) is 0 Å². The van der Waals surface area contributed by atoms with E-state index in [9.17, 15) is 19.2 Å². The summed E-state index contributed by atoms with van der Waals surface area (Å²) in [5.41, 5.74) is 0. The third-order valence-corrected chi connectivity index (χ3v) is 1.36. The lowest BCUT2D eigenvalue weighted by Gasteiger charge is -2.11. The van der Waals surface area contributed by atoms with Crippen LogP contribution in [0.2, 0.25) is 0 Å². The fourth-order valence-electron chi connectivity index (χ4n) is 0.754. The van der Waals surface area contributed by atoms with Crippen molar-refractivity contribution in [3.63, 3.8) is 0 Å². The molecule has 0 bridgehead atoms. The lowest BCUT2D eigenvalue weighted by Crippen LogP contribution is -2.45. The summed E-state index contributed by atoms with van der Waals surface area (Å²) in [7, 11) is 0. The molecule has 0 aromatic heterocycles. The maximum Gasteiger partial charge on any atom is 0.326 e. The molecular formula is C7H10N2O6. The van der Waals surface area contributed by atoms with E-state index < -0.39 is 36.9 Å². The van der Waals surface area contributed by atoms with Gasteiger partial charge in [-0.25, -0.2) is 4.79 Å². The Kier molecular flexibility index (Phi) is 5.45. The minimum Gasteiger partial charge on any atom is -0.481 e. The molecule has 0 rings (SSSR count). The molecule has 0 fully saturated rings. The Morgan fingerprint density at radius 3 is 2.27 bits per heavy atom. The number of carboxylic acids is 2. The lowest BCUT2D eigenvalue weighted by atomic mass is 10.2. The molecule has 0 saturated carbocycles. The predicted octanol–water partition coefficient (Wildman–Crippen LogP) is -2.22. The molecule has 4 N–H and O–H groups in total. The second-order valence-electron chi connectivity index (χ2n) is 2.55. The van der Waals surface area contributed by atoms with Crippen LogP contribution in [-0.2, 0) is 19.2 Å². The molecule has 0 aliphatic carbocycles. The van der Waals surface area contributed by atoms with Gasteiger partial charge in [0.2, 0.25) is 12.3 Å². The number of rotatable bonds is 7. The quantitative estimate of drug-likeness (QED) is 0.357. The molecule has 0 heterocycles. The number of hydrogen-bond acceptors (Lipinski definition) is 4. The molecule has 0 aliphatic heterocycles. The van der Waals surface area contributed by atoms with E-state index in [0.717, 1.165) is 0 Å². The van der Waals surface area contributed by atoms with Crippen molar-refractivity contribution in [3.8, 4) is 0 Å². The van der Waals surface area contributed by atoms with E-state index in [1.807, 2.05) is 10.6 Å². The summed E-state index contributed by atoms with van der Waals surface area (Å²) < 4.78 is 0. The van der Waals surface area contributed by atoms with Gasteiger partial charge in [0.1, 0.15) is 6.04 Å². The monoisotopic (exact) mass is 218 g/mol. The van der Waals surface area contributed by atoms with Crippen molar-refractivity contribution in [3.05, 3.63) is 0 Å². The Morgan fingerprint density at radius 2 is 1.87 bits per heavy atom. The average Bonchev–Trinajstić information content (AvgIpc) is 2.12. The van der Waals surface area contributed by atoms with Gasteiger partial charge in [-0.2, -0.15) is 0 Å². The van der Waals surface area contributed by atoms with Gasteiger partial charge < -0.3 is 20.8 Å². The zero-order valence-corrected chi connectivity index (χ0v) is 7.60.